The minimum absolute atomic E-state index is 0.0469. The van der Waals surface area contributed by atoms with Crippen molar-refractivity contribution >= 4 is 50.2 Å². The summed E-state index contributed by atoms with van der Waals surface area (Å²) in [4.78, 5) is 12.6. The average Bonchev–Trinajstić information content (AvgIpc) is 3.16. The molecule has 146 valence electrons. The first-order valence-electron chi connectivity index (χ1n) is 8.09. The largest absolute Gasteiger partial charge is 0.321 e. The fourth-order valence-corrected chi connectivity index (χ4v) is 5.13. The summed E-state index contributed by atoms with van der Waals surface area (Å²) >= 11 is 7.08. The van der Waals surface area contributed by atoms with E-state index in [4.69, 9.17) is 11.6 Å². The number of sulfonamides is 1. The molecule has 5 nitrogen and oxygen atoms in total. The van der Waals surface area contributed by atoms with Crippen molar-refractivity contribution < 1.29 is 17.6 Å². The Hall–Kier alpha value is -2.42. The summed E-state index contributed by atoms with van der Waals surface area (Å²) in [6.45, 7) is 1.84. The van der Waals surface area contributed by atoms with Crippen LogP contribution in [-0.4, -0.2) is 21.4 Å². The molecule has 9 heteroatoms. The van der Waals surface area contributed by atoms with E-state index in [1.165, 1.54) is 42.8 Å². The van der Waals surface area contributed by atoms with Crippen LogP contribution >= 0.6 is 22.9 Å². The molecule has 0 spiro atoms. The third kappa shape index (κ3) is 4.04. The number of anilines is 2. The zero-order valence-electron chi connectivity index (χ0n) is 14.9. The van der Waals surface area contributed by atoms with E-state index >= 15 is 0 Å². The van der Waals surface area contributed by atoms with Crippen molar-refractivity contribution in [3.63, 3.8) is 0 Å². The van der Waals surface area contributed by atoms with Crippen molar-refractivity contribution in [2.45, 2.75) is 11.8 Å². The quantitative estimate of drug-likeness (QED) is 0.614. The molecule has 0 aliphatic carbocycles. The summed E-state index contributed by atoms with van der Waals surface area (Å²) in [6.07, 6.45) is 0. The molecule has 0 unspecified atom stereocenters. The standard InChI is InChI=1S/C19H16ClFN2O3S2/c1-12-3-6-14(11-16(12)20)22-19(24)18-17(9-10-27-18)28(25,26)23(2)15-7-4-13(21)5-8-15/h3-11H,1-2H3,(H,22,24). The summed E-state index contributed by atoms with van der Waals surface area (Å²) in [7, 11) is -2.66. The third-order valence-electron chi connectivity index (χ3n) is 4.09. The average molecular weight is 439 g/mol. The smallest absolute Gasteiger partial charge is 0.267 e. The summed E-state index contributed by atoms with van der Waals surface area (Å²) in [5, 5.41) is 4.69. The van der Waals surface area contributed by atoms with Crippen LogP contribution in [0.4, 0.5) is 15.8 Å². The Balaban J connectivity index is 1.90. The van der Waals surface area contributed by atoms with E-state index in [0.717, 1.165) is 21.2 Å². The molecular weight excluding hydrogens is 423 g/mol. The van der Waals surface area contributed by atoms with Gasteiger partial charge in [-0.25, -0.2) is 12.8 Å². The van der Waals surface area contributed by atoms with Crippen LogP contribution in [0.15, 0.2) is 58.8 Å². The van der Waals surface area contributed by atoms with E-state index in [-0.39, 0.29) is 15.5 Å². The predicted molar refractivity (Wildman–Crippen MR) is 110 cm³/mol. The molecule has 3 rings (SSSR count). The minimum Gasteiger partial charge on any atom is -0.321 e. The van der Waals surface area contributed by atoms with Crippen molar-refractivity contribution in [3.05, 3.63) is 75.2 Å². The highest BCUT2D eigenvalue weighted by molar-refractivity contribution is 7.93. The first-order chi connectivity index (χ1) is 13.2. The number of carbonyl (C=O) groups is 1. The molecule has 1 heterocycles. The summed E-state index contributed by atoms with van der Waals surface area (Å²) in [6, 6.07) is 11.5. The topological polar surface area (TPSA) is 66.5 Å². The molecule has 0 aliphatic heterocycles. The molecule has 1 N–H and O–H groups in total. The molecule has 0 aliphatic rings. The normalized spacial score (nSPS) is 11.3. The number of hydrogen-bond donors (Lipinski definition) is 1. The van der Waals surface area contributed by atoms with Crippen molar-refractivity contribution in [2.75, 3.05) is 16.7 Å². The second-order valence-corrected chi connectivity index (χ2v) is 9.24. The first-order valence-corrected chi connectivity index (χ1v) is 10.8. The zero-order chi connectivity index (χ0) is 20.5. The van der Waals surface area contributed by atoms with E-state index < -0.39 is 21.7 Å². The Labute approximate surface area is 171 Å². The Kier molecular flexibility index (Phi) is 5.74. The van der Waals surface area contributed by atoms with Gasteiger partial charge < -0.3 is 5.32 Å². The maximum atomic E-state index is 13.1. The van der Waals surface area contributed by atoms with Crippen LogP contribution in [0.3, 0.4) is 0 Å². The molecule has 0 fully saturated rings. The van der Waals surface area contributed by atoms with Gasteiger partial charge in [-0.3, -0.25) is 9.10 Å². The van der Waals surface area contributed by atoms with Crippen molar-refractivity contribution in [3.8, 4) is 0 Å². The molecule has 0 radical (unpaired) electrons. The molecular formula is C19H16ClFN2O3S2. The molecule has 0 bridgehead atoms. The molecule has 1 amide bonds. The lowest BCUT2D eigenvalue weighted by Gasteiger charge is -2.19. The lowest BCUT2D eigenvalue weighted by Crippen LogP contribution is -2.28. The Morgan fingerprint density at radius 2 is 1.82 bits per heavy atom. The van der Waals surface area contributed by atoms with E-state index in [0.29, 0.717) is 10.7 Å². The number of nitrogens with one attached hydrogen (secondary N) is 1. The van der Waals surface area contributed by atoms with Crippen LogP contribution in [0.1, 0.15) is 15.2 Å². The van der Waals surface area contributed by atoms with Gasteiger partial charge in [0, 0.05) is 17.8 Å². The zero-order valence-corrected chi connectivity index (χ0v) is 17.3. The van der Waals surface area contributed by atoms with Crippen LogP contribution < -0.4 is 9.62 Å². The van der Waals surface area contributed by atoms with E-state index in [1.54, 1.807) is 18.2 Å². The SMILES string of the molecule is Cc1ccc(NC(=O)c2sccc2S(=O)(=O)N(C)c2ccc(F)cc2)cc1Cl. The predicted octanol–water partition coefficient (Wildman–Crippen LogP) is 4.93. The molecule has 0 atom stereocenters. The van der Waals surface area contributed by atoms with E-state index in [1.807, 2.05) is 6.92 Å². The van der Waals surface area contributed by atoms with Crippen LogP contribution in [0.25, 0.3) is 0 Å². The number of halogens is 2. The maximum absolute atomic E-state index is 13.1. The van der Waals surface area contributed by atoms with Crippen LogP contribution in [0.5, 0.6) is 0 Å². The number of amides is 1. The third-order valence-corrected chi connectivity index (χ3v) is 7.37. The molecule has 2 aromatic carbocycles. The highest BCUT2D eigenvalue weighted by atomic mass is 35.5. The van der Waals surface area contributed by atoms with Gasteiger partial charge in [-0.15, -0.1) is 11.3 Å². The van der Waals surface area contributed by atoms with Gasteiger partial charge in [0.05, 0.1) is 5.69 Å². The minimum atomic E-state index is -4.01. The fourth-order valence-electron chi connectivity index (χ4n) is 2.46. The number of aryl methyl sites for hydroxylation is 1. The monoisotopic (exact) mass is 438 g/mol. The first kappa shape index (κ1) is 20.3. The van der Waals surface area contributed by atoms with Gasteiger partial charge in [-0.2, -0.15) is 0 Å². The van der Waals surface area contributed by atoms with Gasteiger partial charge in [0.2, 0.25) is 0 Å². The lowest BCUT2D eigenvalue weighted by atomic mass is 10.2. The van der Waals surface area contributed by atoms with E-state index in [2.05, 4.69) is 5.32 Å². The van der Waals surface area contributed by atoms with Crippen molar-refractivity contribution in [1.82, 2.24) is 0 Å². The van der Waals surface area contributed by atoms with Gasteiger partial charge in [0.25, 0.3) is 15.9 Å². The van der Waals surface area contributed by atoms with Crippen molar-refractivity contribution in [1.29, 1.82) is 0 Å². The Morgan fingerprint density at radius 1 is 1.14 bits per heavy atom. The van der Waals surface area contributed by atoms with Gasteiger partial charge in [-0.05, 0) is 60.3 Å². The number of thiophene rings is 1. The summed E-state index contributed by atoms with van der Waals surface area (Å²) in [5.41, 5.74) is 1.61. The van der Waals surface area contributed by atoms with Crippen LogP contribution in [-0.2, 0) is 10.0 Å². The van der Waals surface area contributed by atoms with Crippen LogP contribution in [0.2, 0.25) is 5.02 Å². The summed E-state index contributed by atoms with van der Waals surface area (Å²) in [5.74, 6) is -1.03. The van der Waals surface area contributed by atoms with Gasteiger partial charge in [0.1, 0.15) is 15.6 Å². The van der Waals surface area contributed by atoms with Gasteiger partial charge in [0.15, 0.2) is 0 Å². The molecule has 1 aromatic heterocycles. The second kappa shape index (κ2) is 7.90. The highest BCUT2D eigenvalue weighted by Gasteiger charge is 2.28. The number of benzene rings is 2. The number of carbonyl (C=O) groups excluding carboxylic acids is 1. The molecule has 0 saturated heterocycles. The molecule has 28 heavy (non-hydrogen) atoms. The Morgan fingerprint density at radius 3 is 2.46 bits per heavy atom. The molecule has 0 saturated carbocycles. The number of rotatable bonds is 5. The highest BCUT2D eigenvalue weighted by Crippen LogP contribution is 2.29. The maximum Gasteiger partial charge on any atom is 0.267 e. The van der Waals surface area contributed by atoms with E-state index in [9.17, 15) is 17.6 Å². The number of nitrogens with zero attached hydrogens (tertiary/aromatic N) is 1. The van der Waals surface area contributed by atoms with Crippen molar-refractivity contribution in [2.24, 2.45) is 0 Å². The molecule has 3 aromatic rings. The van der Waals surface area contributed by atoms with Gasteiger partial charge in [-0.1, -0.05) is 17.7 Å². The van der Waals surface area contributed by atoms with Gasteiger partial charge >= 0.3 is 0 Å². The number of hydrogen-bond acceptors (Lipinski definition) is 4. The van der Waals surface area contributed by atoms with Crippen LogP contribution in [0, 0.1) is 12.7 Å². The Bertz CT molecular complexity index is 1130. The second-order valence-electron chi connectivity index (χ2n) is 5.98. The lowest BCUT2D eigenvalue weighted by molar-refractivity contribution is 0.102. The summed E-state index contributed by atoms with van der Waals surface area (Å²) < 4.78 is 40.1. The fraction of sp³-hybridized carbons (Fsp3) is 0.105.